The molecule has 1 aromatic heterocycles. The van der Waals surface area contributed by atoms with Crippen molar-refractivity contribution < 1.29 is 19.1 Å². The minimum Gasteiger partial charge on any atom is -0.493 e. The summed E-state index contributed by atoms with van der Waals surface area (Å²) in [5, 5.41) is 0. The van der Waals surface area contributed by atoms with Gasteiger partial charge in [0, 0.05) is 45.0 Å². The Kier molecular flexibility index (Phi) is 7.21. The Balaban J connectivity index is 1.52. The molecule has 0 N–H and O–H groups in total. The fourth-order valence-electron chi connectivity index (χ4n) is 3.26. The van der Waals surface area contributed by atoms with Gasteiger partial charge in [-0.1, -0.05) is 6.07 Å². The Morgan fingerprint density at radius 1 is 1.10 bits per heavy atom. The van der Waals surface area contributed by atoms with Crippen molar-refractivity contribution in [2.45, 2.75) is 31.7 Å². The summed E-state index contributed by atoms with van der Waals surface area (Å²) in [7, 11) is 4.99. The number of hydrogen-bond acceptors (Lipinski definition) is 6. The third-order valence-electron chi connectivity index (χ3n) is 5.21. The van der Waals surface area contributed by atoms with Crippen molar-refractivity contribution in [1.82, 2.24) is 19.8 Å². The first-order chi connectivity index (χ1) is 14.5. The summed E-state index contributed by atoms with van der Waals surface area (Å²) >= 11 is 0. The largest absolute Gasteiger partial charge is 0.493 e. The second kappa shape index (κ2) is 10.0. The first-order valence-corrected chi connectivity index (χ1v) is 10.0. The van der Waals surface area contributed by atoms with Crippen LogP contribution < -0.4 is 9.47 Å². The molecule has 0 saturated heterocycles. The van der Waals surface area contributed by atoms with Gasteiger partial charge in [-0.3, -0.25) is 14.6 Å². The normalized spacial score (nSPS) is 12.9. The summed E-state index contributed by atoms with van der Waals surface area (Å²) in [4.78, 5) is 36.8. The second-order valence-electron chi connectivity index (χ2n) is 7.33. The van der Waals surface area contributed by atoms with Crippen LogP contribution in [-0.2, 0) is 11.2 Å². The van der Waals surface area contributed by atoms with E-state index in [1.807, 2.05) is 18.2 Å². The van der Waals surface area contributed by atoms with Crippen molar-refractivity contribution in [2.24, 2.45) is 0 Å². The topological polar surface area (TPSA) is 84.9 Å². The highest BCUT2D eigenvalue weighted by Gasteiger charge is 2.33. The monoisotopic (exact) mass is 412 g/mol. The Labute approximate surface area is 176 Å². The standard InChI is InChI=1S/C22H28N4O4/c1-25(12-8-16-4-7-19(29-2)20(14-16)30-3)21(27)9-13-26(17-5-6-17)22(28)18-15-23-10-11-24-18/h4,7,10-11,14-15,17H,5-6,8-9,12-13H2,1-3H3. The molecule has 0 atom stereocenters. The third kappa shape index (κ3) is 5.46. The van der Waals surface area contributed by atoms with E-state index in [0.717, 1.165) is 18.4 Å². The van der Waals surface area contributed by atoms with Crippen LogP contribution in [0.1, 0.15) is 35.3 Å². The Morgan fingerprint density at radius 2 is 1.87 bits per heavy atom. The van der Waals surface area contributed by atoms with E-state index in [9.17, 15) is 9.59 Å². The summed E-state index contributed by atoms with van der Waals surface area (Å²) in [6, 6.07) is 5.95. The molecule has 2 aromatic rings. The van der Waals surface area contributed by atoms with E-state index >= 15 is 0 Å². The van der Waals surface area contributed by atoms with Gasteiger partial charge in [-0.15, -0.1) is 0 Å². The second-order valence-corrected chi connectivity index (χ2v) is 7.33. The van der Waals surface area contributed by atoms with Crippen LogP contribution in [0.4, 0.5) is 0 Å². The molecule has 0 radical (unpaired) electrons. The molecule has 1 aliphatic carbocycles. The van der Waals surface area contributed by atoms with Gasteiger partial charge >= 0.3 is 0 Å². The lowest BCUT2D eigenvalue weighted by Gasteiger charge is -2.23. The SMILES string of the molecule is COc1ccc(CCN(C)C(=O)CCN(C(=O)c2cnccn2)C2CC2)cc1OC. The van der Waals surface area contributed by atoms with E-state index in [4.69, 9.17) is 9.47 Å². The molecule has 1 aliphatic rings. The molecule has 2 amide bonds. The van der Waals surface area contributed by atoms with Gasteiger partial charge < -0.3 is 19.3 Å². The number of carbonyl (C=O) groups excluding carboxylic acids is 2. The van der Waals surface area contributed by atoms with E-state index in [1.54, 1.807) is 31.1 Å². The average Bonchev–Trinajstić information content (AvgIpc) is 3.62. The number of benzene rings is 1. The molecule has 1 fully saturated rings. The van der Waals surface area contributed by atoms with Crippen molar-refractivity contribution in [3.05, 3.63) is 48.0 Å². The smallest absolute Gasteiger partial charge is 0.274 e. The van der Waals surface area contributed by atoms with E-state index in [0.29, 0.717) is 36.7 Å². The van der Waals surface area contributed by atoms with Crippen molar-refractivity contribution in [1.29, 1.82) is 0 Å². The maximum absolute atomic E-state index is 12.7. The Bertz CT molecular complexity index is 871. The minimum atomic E-state index is -0.161. The number of carbonyl (C=O) groups is 2. The van der Waals surface area contributed by atoms with Crippen LogP contribution in [0.15, 0.2) is 36.8 Å². The fraction of sp³-hybridized carbons (Fsp3) is 0.455. The molecule has 30 heavy (non-hydrogen) atoms. The highest BCUT2D eigenvalue weighted by Crippen LogP contribution is 2.29. The van der Waals surface area contributed by atoms with Crippen LogP contribution in [0.25, 0.3) is 0 Å². The van der Waals surface area contributed by atoms with Gasteiger partial charge in [0.2, 0.25) is 5.91 Å². The lowest BCUT2D eigenvalue weighted by molar-refractivity contribution is -0.130. The van der Waals surface area contributed by atoms with Gasteiger partial charge in [0.1, 0.15) is 5.69 Å². The molecular weight excluding hydrogens is 384 g/mol. The van der Waals surface area contributed by atoms with Gasteiger partial charge in [-0.25, -0.2) is 4.98 Å². The quantitative estimate of drug-likeness (QED) is 0.595. The van der Waals surface area contributed by atoms with Gasteiger partial charge in [0.15, 0.2) is 11.5 Å². The molecule has 8 nitrogen and oxygen atoms in total. The number of likely N-dealkylation sites (N-methyl/N-ethyl adjacent to an activating group) is 1. The van der Waals surface area contributed by atoms with E-state index in [2.05, 4.69) is 9.97 Å². The van der Waals surface area contributed by atoms with Crippen LogP contribution in [0.5, 0.6) is 11.5 Å². The van der Waals surface area contributed by atoms with Gasteiger partial charge in [0.25, 0.3) is 5.91 Å². The van der Waals surface area contributed by atoms with Gasteiger partial charge in [0.05, 0.1) is 20.4 Å². The van der Waals surface area contributed by atoms with E-state index in [-0.39, 0.29) is 24.3 Å². The van der Waals surface area contributed by atoms with Crippen LogP contribution >= 0.6 is 0 Å². The third-order valence-corrected chi connectivity index (χ3v) is 5.21. The summed E-state index contributed by atoms with van der Waals surface area (Å²) < 4.78 is 10.6. The van der Waals surface area contributed by atoms with Crippen LogP contribution in [0.2, 0.25) is 0 Å². The molecule has 3 rings (SSSR count). The molecule has 1 heterocycles. The number of nitrogens with zero attached hydrogens (tertiary/aromatic N) is 4. The van der Waals surface area contributed by atoms with E-state index < -0.39 is 0 Å². The maximum Gasteiger partial charge on any atom is 0.274 e. The van der Waals surface area contributed by atoms with Gasteiger partial charge in [-0.05, 0) is 37.0 Å². The zero-order valence-electron chi connectivity index (χ0n) is 17.7. The number of rotatable bonds is 10. The van der Waals surface area contributed by atoms with Crippen molar-refractivity contribution in [3.8, 4) is 11.5 Å². The molecule has 8 heteroatoms. The van der Waals surface area contributed by atoms with Crippen LogP contribution in [-0.4, -0.2) is 72.0 Å². The highest BCUT2D eigenvalue weighted by molar-refractivity contribution is 5.92. The van der Waals surface area contributed by atoms with Crippen LogP contribution in [0.3, 0.4) is 0 Å². The average molecular weight is 412 g/mol. The first-order valence-electron chi connectivity index (χ1n) is 10.0. The molecule has 0 bridgehead atoms. The Morgan fingerprint density at radius 3 is 2.50 bits per heavy atom. The zero-order chi connectivity index (χ0) is 21.5. The van der Waals surface area contributed by atoms with Crippen molar-refractivity contribution in [2.75, 3.05) is 34.4 Å². The van der Waals surface area contributed by atoms with Gasteiger partial charge in [-0.2, -0.15) is 0 Å². The number of amides is 2. The minimum absolute atomic E-state index is 0.00747. The van der Waals surface area contributed by atoms with Crippen molar-refractivity contribution >= 4 is 11.8 Å². The number of ether oxygens (including phenoxy) is 2. The molecule has 1 aromatic carbocycles. The molecule has 1 saturated carbocycles. The predicted molar refractivity (Wildman–Crippen MR) is 112 cm³/mol. The number of methoxy groups -OCH3 is 2. The van der Waals surface area contributed by atoms with E-state index in [1.165, 1.54) is 18.6 Å². The Hall–Kier alpha value is -3.16. The lowest BCUT2D eigenvalue weighted by Crippen LogP contribution is -2.38. The number of aromatic nitrogens is 2. The summed E-state index contributed by atoms with van der Waals surface area (Å²) in [6.07, 6.45) is 7.43. The highest BCUT2D eigenvalue weighted by atomic mass is 16.5. The van der Waals surface area contributed by atoms with Crippen molar-refractivity contribution in [3.63, 3.8) is 0 Å². The van der Waals surface area contributed by atoms with Crippen LogP contribution in [0, 0.1) is 0 Å². The maximum atomic E-state index is 12.7. The summed E-state index contributed by atoms with van der Waals surface area (Å²) in [5.74, 6) is 1.20. The zero-order valence-corrected chi connectivity index (χ0v) is 17.7. The molecule has 0 spiro atoms. The summed E-state index contributed by atoms with van der Waals surface area (Å²) in [6.45, 7) is 0.968. The summed E-state index contributed by atoms with van der Waals surface area (Å²) in [5.41, 5.74) is 1.38. The molecular formula is C22H28N4O4. The lowest BCUT2D eigenvalue weighted by atomic mass is 10.1. The number of hydrogen-bond donors (Lipinski definition) is 0. The first kappa shape index (κ1) is 21.5. The molecule has 160 valence electrons. The molecule has 0 unspecified atom stereocenters. The fourth-order valence-corrected chi connectivity index (χ4v) is 3.26. The molecule has 0 aliphatic heterocycles. The predicted octanol–water partition coefficient (Wildman–Crippen LogP) is 2.19.